The molecule has 0 saturated heterocycles. The fraction of sp³-hybridized carbons (Fsp3) is 0.417. The van der Waals surface area contributed by atoms with Crippen LogP contribution in [0.25, 0.3) is 0 Å². The van der Waals surface area contributed by atoms with Crippen LogP contribution in [0.4, 0.5) is 13.2 Å². The van der Waals surface area contributed by atoms with Crippen LogP contribution in [0.15, 0.2) is 24.3 Å². The largest absolute Gasteiger partial charge is 0.344 e. The smallest absolute Gasteiger partial charge is 0.315 e. The third kappa shape index (κ3) is 3.76. The molecule has 5 heteroatoms. The number of halogens is 3. The number of hydrogen-bond acceptors (Lipinski definition) is 1. The van der Waals surface area contributed by atoms with Crippen LogP contribution < -0.4 is 5.32 Å². The molecular formula is C12H14F3NO. The molecule has 0 aliphatic heterocycles. The fourth-order valence-electron chi connectivity index (χ4n) is 1.52. The number of benzene rings is 1. The highest BCUT2D eigenvalue weighted by Crippen LogP contribution is 2.22. The number of carbonyl (C=O) groups is 1. The molecule has 0 aromatic heterocycles. The first kappa shape index (κ1) is 13.5. The lowest BCUT2D eigenvalue weighted by atomic mass is 9.96. The molecule has 1 atom stereocenters. The molecule has 1 rings (SSSR count). The Morgan fingerprint density at radius 3 is 2.12 bits per heavy atom. The van der Waals surface area contributed by atoms with E-state index in [9.17, 15) is 18.0 Å². The van der Waals surface area contributed by atoms with Crippen molar-refractivity contribution in [3.8, 4) is 0 Å². The number of carbonyl (C=O) groups excluding carboxylic acids is 1. The highest BCUT2D eigenvalue weighted by Gasteiger charge is 2.23. The predicted octanol–water partition coefficient (Wildman–Crippen LogP) is 2.90. The van der Waals surface area contributed by atoms with Gasteiger partial charge in [-0.2, -0.15) is 8.78 Å². The van der Waals surface area contributed by atoms with Crippen LogP contribution in [-0.4, -0.2) is 12.3 Å². The molecule has 0 saturated carbocycles. The summed E-state index contributed by atoms with van der Waals surface area (Å²) in [5, 5.41) is 2.24. The van der Waals surface area contributed by atoms with Gasteiger partial charge in [0.1, 0.15) is 5.82 Å². The molecule has 1 aromatic rings. The normalized spacial score (nSPS) is 12.9. The Labute approximate surface area is 97.8 Å². The van der Waals surface area contributed by atoms with Gasteiger partial charge in [-0.05, 0) is 23.6 Å². The van der Waals surface area contributed by atoms with Crippen molar-refractivity contribution in [1.82, 2.24) is 5.32 Å². The zero-order chi connectivity index (χ0) is 13.0. The summed E-state index contributed by atoms with van der Waals surface area (Å²) >= 11 is 0. The van der Waals surface area contributed by atoms with E-state index in [1.807, 2.05) is 0 Å². The zero-order valence-corrected chi connectivity index (χ0v) is 9.58. The van der Waals surface area contributed by atoms with Gasteiger partial charge in [0.05, 0.1) is 6.04 Å². The maximum atomic E-state index is 12.7. The first-order valence-corrected chi connectivity index (χ1v) is 5.25. The summed E-state index contributed by atoms with van der Waals surface area (Å²) in [6.45, 7) is 3.58. The molecule has 2 nitrogen and oxygen atoms in total. The Hall–Kier alpha value is -1.52. The zero-order valence-electron chi connectivity index (χ0n) is 9.58. The Balaban J connectivity index is 2.86. The molecule has 1 N–H and O–H groups in total. The molecule has 1 amide bonds. The summed E-state index contributed by atoms with van der Waals surface area (Å²) in [5.74, 6) is -1.78. The average molecular weight is 245 g/mol. The van der Waals surface area contributed by atoms with Crippen LogP contribution in [0.2, 0.25) is 0 Å². The molecule has 94 valence electrons. The second-order valence-electron chi connectivity index (χ2n) is 4.08. The lowest BCUT2D eigenvalue weighted by Crippen LogP contribution is -2.35. The minimum absolute atomic E-state index is 0.0665. The molecule has 0 aliphatic rings. The van der Waals surface area contributed by atoms with Gasteiger partial charge >= 0.3 is 6.43 Å². The third-order valence-electron chi connectivity index (χ3n) is 2.39. The minimum atomic E-state index is -3.04. The molecule has 0 heterocycles. The second kappa shape index (κ2) is 5.70. The molecule has 17 heavy (non-hydrogen) atoms. The van der Waals surface area contributed by atoms with E-state index >= 15 is 0 Å². The summed E-state index contributed by atoms with van der Waals surface area (Å²) in [7, 11) is 0. The van der Waals surface area contributed by atoms with Crippen molar-refractivity contribution in [2.75, 3.05) is 0 Å². The highest BCUT2D eigenvalue weighted by atomic mass is 19.3. The van der Waals surface area contributed by atoms with Crippen molar-refractivity contribution in [3.05, 3.63) is 35.6 Å². The predicted molar refractivity (Wildman–Crippen MR) is 58.1 cm³/mol. The van der Waals surface area contributed by atoms with Gasteiger partial charge in [0, 0.05) is 0 Å². The average Bonchev–Trinajstić information content (AvgIpc) is 2.26. The lowest BCUT2D eigenvalue weighted by molar-refractivity contribution is -0.132. The van der Waals surface area contributed by atoms with E-state index in [0.717, 1.165) is 0 Å². The van der Waals surface area contributed by atoms with Gasteiger partial charge in [0.25, 0.3) is 5.91 Å². The molecule has 0 fully saturated rings. The topological polar surface area (TPSA) is 29.1 Å². The van der Waals surface area contributed by atoms with Gasteiger partial charge in [0.15, 0.2) is 0 Å². The van der Waals surface area contributed by atoms with E-state index in [2.05, 4.69) is 5.32 Å². The van der Waals surface area contributed by atoms with Gasteiger partial charge in [-0.15, -0.1) is 0 Å². The Morgan fingerprint density at radius 2 is 1.71 bits per heavy atom. The van der Waals surface area contributed by atoms with Crippen molar-refractivity contribution >= 4 is 5.91 Å². The third-order valence-corrected chi connectivity index (χ3v) is 2.39. The Bertz CT molecular complexity index is 376. The van der Waals surface area contributed by atoms with Gasteiger partial charge in [-0.1, -0.05) is 26.0 Å². The van der Waals surface area contributed by atoms with Crippen molar-refractivity contribution in [3.63, 3.8) is 0 Å². The number of amides is 1. The van der Waals surface area contributed by atoms with Crippen LogP contribution >= 0.6 is 0 Å². The molecule has 0 aliphatic carbocycles. The summed E-state index contributed by atoms with van der Waals surface area (Å²) in [6.07, 6.45) is -3.04. The Kier molecular flexibility index (Phi) is 4.54. The van der Waals surface area contributed by atoms with Crippen LogP contribution in [0, 0.1) is 11.7 Å². The maximum Gasteiger partial charge on any atom is 0.315 e. The maximum absolute atomic E-state index is 12.7. The minimum Gasteiger partial charge on any atom is -0.344 e. The first-order valence-electron chi connectivity index (χ1n) is 5.25. The van der Waals surface area contributed by atoms with E-state index < -0.39 is 24.2 Å². The summed E-state index contributed by atoms with van der Waals surface area (Å²) in [5.41, 5.74) is 0.607. The molecule has 0 bridgehead atoms. The quantitative estimate of drug-likeness (QED) is 0.868. The first-order chi connectivity index (χ1) is 7.91. The SMILES string of the molecule is CC(C)C(NC(=O)C(F)F)c1ccc(F)cc1. The molecule has 1 aromatic carbocycles. The molecule has 0 radical (unpaired) electrons. The van der Waals surface area contributed by atoms with Crippen LogP contribution in [0.3, 0.4) is 0 Å². The van der Waals surface area contributed by atoms with E-state index in [-0.39, 0.29) is 5.92 Å². The summed E-state index contributed by atoms with van der Waals surface area (Å²) in [4.78, 5) is 11.0. The van der Waals surface area contributed by atoms with Gasteiger partial charge < -0.3 is 5.32 Å². The monoisotopic (exact) mass is 245 g/mol. The fourth-order valence-corrected chi connectivity index (χ4v) is 1.52. The molecule has 0 spiro atoms. The van der Waals surface area contributed by atoms with Crippen LogP contribution in [0.5, 0.6) is 0 Å². The summed E-state index contributed by atoms with van der Waals surface area (Å²) < 4.78 is 37.1. The van der Waals surface area contributed by atoms with Gasteiger partial charge in [-0.25, -0.2) is 4.39 Å². The number of rotatable bonds is 4. The van der Waals surface area contributed by atoms with E-state index in [0.29, 0.717) is 5.56 Å². The van der Waals surface area contributed by atoms with E-state index in [4.69, 9.17) is 0 Å². The van der Waals surface area contributed by atoms with Crippen molar-refractivity contribution < 1.29 is 18.0 Å². The number of nitrogens with one attached hydrogen (secondary N) is 1. The highest BCUT2D eigenvalue weighted by molar-refractivity contribution is 5.79. The Morgan fingerprint density at radius 1 is 1.18 bits per heavy atom. The molecular weight excluding hydrogens is 231 g/mol. The van der Waals surface area contributed by atoms with Crippen LogP contribution in [0.1, 0.15) is 25.5 Å². The van der Waals surface area contributed by atoms with Crippen molar-refractivity contribution in [2.45, 2.75) is 26.3 Å². The standard InChI is InChI=1S/C12H14F3NO/c1-7(2)10(16-12(17)11(14)15)8-3-5-9(13)6-4-8/h3-7,10-11H,1-2H3,(H,16,17). The van der Waals surface area contributed by atoms with E-state index in [1.165, 1.54) is 24.3 Å². The lowest BCUT2D eigenvalue weighted by Gasteiger charge is -2.22. The van der Waals surface area contributed by atoms with Gasteiger partial charge in [-0.3, -0.25) is 4.79 Å². The second-order valence-corrected chi connectivity index (χ2v) is 4.08. The van der Waals surface area contributed by atoms with Gasteiger partial charge in [0.2, 0.25) is 0 Å². The summed E-state index contributed by atoms with van der Waals surface area (Å²) in [6, 6.07) is 4.88. The number of hydrogen-bond donors (Lipinski definition) is 1. The molecule has 1 unspecified atom stereocenters. The van der Waals surface area contributed by atoms with E-state index in [1.54, 1.807) is 13.8 Å². The van der Waals surface area contributed by atoms with Crippen molar-refractivity contribution in [2.24, 2.45) is 5.92 Å². The number of alkyl halides is 2. The van der Waals surface area contributed by atoms with Crippen molar-refractivity contribution in [1.29, 1.82) is 0 Å². The van der Waals surface area contributed by atoms with Crippen LogP contribution in [-0.2, 0) is 4.79 Å².